The van der Waals surface area contributed by atoms with E-state index in [2.05, 4.69) is 42.8 Å². The van der Waals surface area contributed by atoms with Crippen LogP contribution < -0.4 is 0 Å². The van der Waals surface area contributed by atoms with E-state index in [0.29, 0.717) is 13.0 Å². The predicted octanol–water partition coefficient (Wildman–Crippen LogP) is 1.08. The Hall–Kier alpha value is -1.88. The van der Waals surface area contributed by atoms with Crippen molar-refractivity contribution in [3.05, 3.63) is 28.2 Å². The van der Waals surface area contributed by atoms with Gasteiger partial charge in [0.1, 0.15) is 0 Å². The molecule has 2 aliphatic rings. The fourth-order valence-electron chi connectivity index (χ4n) is 4.01. The fourth-order valence-corrected chi connectivity index (χ4v) is 4.76. The van der Waals surface area contributed by atoms with E-state index >= 15 is 0 Å². The van der Waals surface area contributed by atoms with Gasteiger partial charge in [0.15, 0.2) is 5.82 Å². The molecule has 2 aromatic rings. The Morgan fingerprint density at radius 3 is 2.77 bits per heavy atom. The minimum Gasteiger partial charge on any atom is -0.379 e. The predicted molar refractivity (Wildman–Crippen MR) is 114 cm³/mol. The van der Waals surface area contributed by atoms with Crippen LogP contribution in [0.1, 0.15) is 30.0 Å². The number of morpholine rings is 1. The molecule has 9 nitrogen and oxygen atoms in total. The van der Waals surface area contributed by atoms with Gasteiger partial charge in [0.25, 0.3) is 0 Å². The molecule has 30 heavy (non-hydrogen) atoms. The second-order valence-corrected chi connectivity index (χ2v) is 8.93. The van der Waals surface area contributed by atoms with E-state index in [-0.39, 0.29) is 5.91 Å². The number of aryl methyl sites for hydroxylation is 1. The number of tetrazole rings is 1. The number of hydrogen-bond donors (Lipinski definition) is 0. The highest BCUT2D eigenvalue weighted by Crippen LogP contribution is 2.14. The van der Waals surface area contributed by atoms with Gasteiger partial charge in [-0.15, -0.1) is 16.4 Å². The second kappa shape index (κ2) is 10.9. The van der Waals surface area contributed by atoms with Crippen LogP contribution in [0.3, 0.4) is 0 Å². The molecule has 4 rings (SSSR count). The van der Waals surface area contributed by atoms with Gasteiger partial charge in [-0.3, -0.25) is 14.6 Å². The van der Waals surface area contributed by atoms with Crippen molar-refractivity contribution in [3.63, 3.8) is 0 Å². The van der Waals surface area contributed by atoms with Crippen LogP contribution in [0.5, 0.6) is 0 Å². The fraction of sp³-hybridized carbons (Fsp3) is 0.700. The molecule has 0 N–H and O–H groups in total. The number of amides is 1. The zero-order chi connectivity index (χ0) is 20.6. The summed E-state index contributed by atoms with van der Waals surface area (Å²) in [6.07, 6.45) is 2.34. The van der Waals surface area contributed by atoms with Gasteiger partial charge in [0.05, 0.1) is 19.8 Å². The summed E-state index contributed by atoms with van der Waals surface area (Å²) in [5, 5.41) is 14.2. The van der Waals surface area contributed by atoms with E-state index < -0.39 is 0 Å². The monoisotopic (exact) mass is 433 g/mol. The maximum atomic E-state index is 12.7. The van der Waals surface area contributed by atoms with Crippen molar-refractivity contribution in [2.45, 2.75) is 38.9 Å². The van der Waals surface area contributed by atoms with E-state index in [4.69, 9.17) is 4.74 Å². The summed E-state index contributed by atoms with van der Waals surface area (Å²) in [5.41, 5.74) is 0. The zero-order valence-corrected chi connectivity index (χ0v) is 18.3. The molecule has 4 heterocycles. The Bertz CT molecular complexity index is 776. The molecule has 2 fully saturated rings. The van der Waals surface area contributed by atoms with Crippen molar-refractivity contribution < 1.29 is 9.53 Å². The van der Waals surface area contributed by atoms with Crippen molar-refractivity contribution in [1.29, 1.82) is 0 Å². The standard InChI is InChI=1S/C20H31N7O2S/c28-20(26-7-3-6-24(9-10-26)16-18-4-2-15-30-18)5-1-8-27-19(21-22-23-27)17-25-11-13-29-14-12-25/h2,4,15H,1,3,5-14,16-17H2. The number of carbonyl (C=O) groups is 1. The summed E-state index contributed by atoms with van der Waals surface area (Å²) >= 11 is 1.80. The van der Waals surface area contributed by atoms with E-state index in [1.165, 1.54) is 4.88 Å². The highest BCUT2D eigenvalue weighted by atomic mass is 32.1. The van der Waals surface area contributed by atoms with E-state index in [1.54, 1.807) is 11.3 Å². The third-order valence-electron chi connectivity index (χ3n) is 5.74. The van der Waals surface area contributed by atoms with Crippen LogP contribution in [0.25, 0.3) is 0 Å². The summed E-state index contributed by atoms with van der Waals surface area (Å²) in [6.45, 7) is 9.40. The highest BCUT2D eigenvalue weighted by molar-refractivity contribution is 7.09. The van der Waals surface area contributed by atoms with Gasteiger partial charge in [0.2, 0.25) is 5.91 Å². The number of aromatic nitrogens is 4. The molecular weight excluding hydrogens is 402 g/mol. The largest absolute Gasteiger partial charge is 0.379 e. The van der Waals surface area contributed by atoms with Crippen molar-refractivity contribution >= 4 is 17.2 Å². The van der Waals surface area contributed by atoms with Gasteiger partial charge >= 0.3 is 0 Å². The summed E-state index contributed by atoms with van der Waals surface area (Å²) < 4.78 is 7.24. The SMILES string of the molecule is O=C(CCCn1nnnc1CN1CCOCC1)N1CCCN(Cc2cccs2)CC1. The summed E-state index contributed by atoms with van der Waals surface area (Å²) in [5.74, 6) is 1.11. The van der Waals surface area contributed by atoms with Crippen LogP contribution in [0.4, 0.5) is 0 Å². The van der Waals surface area contributed by atoms with E-state index in [1.807, 2.05) is 9.58 Å². The first-order valence-corrected chi connectivity index (χ1v) is 11.7. The Morgan fingerprint density at radius 2 is 1.93 bits per heavy atom. The number of carbonyl (C=O) groups excluding carboxylic acids is 1. The Labute approximate surface area is 181 Å². The molecular formula is C20H31N7O2S. The zero-order valence-electron chi connectivity index (χ0n) is 17.5. The minimum absolute atomic E-state index is 0.246. The average molecular weight is 434 g/mol. The molecule has 2 aliphatic heterocycles. The van der Waals surface area contributed by atoms with Crippen molar-refractivity contribution in [3.8, 4) is 0 Å². The molecule has 0 saturated carbocycles. The third-order valence-corrected chi connectivity index (χ3v) is 6.60. The van der Waals surface area contributed by atoms with Gasteiger partial charge in [-0.1, -0.05) is 6.07 Å². The number of rotatable bonds is 8. The molecule has 0 radical (unpaired) electrons. The molecule has 0 unspecified atom stereocenters. The summed E-state index contributed by atoms with van der Waals surface area (Å²) in [4.78, 5) is 20.9. The Kier molecular flexibility index (Phi) is 7.79. The first-order valence-electron chi connectivity index (χ1n) is 10.9. The molecule has 0 bridgehead atoms. The number of nitrogens with zero attached hydrogens (tertiary/aromatic N) is 7. The van der Waals surface area contributed by atoms with Gasteiger partial charge in [0, 0.05) is 63.7 Å². The lowest BCUT2D eigenvalue weighted by Crippen LogP contribution is -2.36. The maximum absolute atomic E-state index is 12.7. The Morgan fingerprint density at radius 1 is 1.07 bits per heavy atom. The molecule has 0 atom stereocenters. The Balaban J connectivity index is 1.19. The summed E-state index contributed by atoms with van der Waals surface area (Å²) in [6, 6.07) is 4.29. The lowest BCUT2D eigenvalue weighted by Gasteiger charge is -2.25. The normalized spacial score (nSPS) is 19.1. The number of ether oxygens (including phenoxy) is 1. The van der Waals surface area contributed by atoms with Crippen molar-refractivity contribution in [2.24, 2.45) is 0 Å². The van der Waals surface area contributed by atoms with Crippen LogP contribution in [0, 0.1) is 0 Å². The summed E-state index contributed by atoms with van der Waals surface area (Å²) in [7, 11) is 0. The van der Waals surface area contributed by atoms with Gasteiger partial charge in [-0.2, -0.15) is 0 Å². The van der Waals surface area contributed by atoms with E-state index in [0.717, 1.165) is 84.2 Å². The molecule has 0 aromatic carbocycles. The molecule has 2 aromatic heterocycles. The lowest BCUT2D eigenvalue weighted by molar-refractivity contribution is -0.131. The highest BCUT2D eigenvalue weighted by Gasteiger charge is 2.20. The van der Waals surface area contributed by atoms with Gasteiger partial charge in [-0.25, -0.2) is 4.68 Å². The topological polar surface area (TPSA) is 79.6 Å². The van der Waals surface area contributed by atoms with Crippen LogP contribution >= 0.6 is 11.3 Å². The van der Waals surface area contributed by atoms with E-state index in [9.17, 15) is 4.79 Å². The first kappa shape index (κ1) is 21.4. The molecule has 10 heteroatoms. The van der Waals surface area contributed by atoms with Gasteiger partial charge < -0.3 is 9.64 Å². The third kappa shape index (κ3) is 6.07. The molecule has 2 saturated heterocycles. The van der Waals surface area contributed by atoms with Gasteiger partial charge in [-0.05, 0) is 34.7 Å². The molecule has 1 amide bonds. The van der Waals surface area contributed by atoms with Crippen LogP contribution in [0.15, 0.2) is 17.5 Å². The molecule has 164 valence electrons. The smallest absolute Gasteiger partial charge is 0.222 e. The average Bonchev–Trinajstić information content (AvgIpc) is 3.37. The maximum Gasteiger partial charge on any atom is 0.222 e. The first-order chi connectivity index (χ1) is 14.8. The lowest BCUT2D eigenvalue weighted by atomic mass is 10.2. The molecule has 0 spiro atoms. The number of hydrogen-bond acceptors (Lipinski definition) is 8. The number of thiophene rings is 1. The molecule has 0 aliphatic carbocycles. The van der Waals surface area contributed by atoms with Crippen LogP contribution in [0.2, 0.25) is 0 Å². The minimum atomic E-state index is 0.246. The second-order valence-electron chi connectivity index (χ2n) is 7.90. The van der Waals surface area contributed by atoms with Crippen LogP contribution in [-0.2, 0) is 29.2 Å². The quantitative estimate of drug-likeness (QED) is 0.616. The van der Waals surface area contributed by atoms with Crippen molar-refractivity contribution in [1.82, 2.24) is 34.9 Å². The van der Waals surface area contributed by atoms with Crippen molar-refractivity contribution in [2.75, 3.05) is 52.5 Å². The van der Waals surface area contributed by atoms with Crippen LogP contribution in [-0.4, -0.2) is 93.3 Å².